The van der Waals surface area contributed by atoms with Crippen LogP contribution in [0.1, 0.15) is 285 Å². The maximum atomic E-state index is 12.7. The topological polar surface area (TPSA) is 78.9 Å². The largest absolute Gasteiger partial charge is 0.462 e. The van der Waals surface area contributed by atoms with Gasteiger partial charge in [0.05, 0.1) is 0 Å². The van der Waals surface area contributed by atoms with Gasteiger partial charge in [0.25, 0.3) is 0 Å². The predicted molar refractivity (Wildman–Crippen MR) is 247 cm³/mol. The third-order valence-electron chi connectivity index (χ3n) is 11.7. The van der Waals surface area contributed by atoms with Gasteiger partial charge in [0.2, 0.25) is 0 Å². The smallest absolute Gasteiger partial charge is 0.306 e. The van der Waals surface area contributed by atoms with Gasteiger partial charge in [-0.15, -0.1) is 0 Å². The molecule has 0 saturated heterocycles. The minimum atomic E-state index is -0.760. The lowest BCUT2D eigenvalue weighted by Gasteiger charge is -2.18. The van der Waals surface area contributed by atoms with Gasteiger partial charge < -0.3 is 14.2 Å². The normalized spacial score (nSPS) is 12.1. The molecule has 0 amide bonds. The van der Waals surface area contributed by atoms with E-state index >= 15 is 0 Å². The molecule has 344 valence electrons. The zero-order valence-corrected chi connectivity index (χ0v) is 39.7. The summed E-state index contributed by atoms with van der Waals surface area (Å²) in [6.45, 7) is 11.3. The fourth-order valence-electron chi connectivity index (χ4n) is 7.81. The lowest BCUT2D eigenvalue weighted by Crippen LogP contribution is -2.30. The number of esters is 3. The van der Waals surface area contributed by atoms with Crippen LogP contribution in [0.3, 0.4) is 0 Å². The highest BCUT2D eigenvalue weighted by Gasteiger charge is 2.19. The Hall–Kier alpha value is -1.59. The minimum absolute atomic E-state index is 0.0640. The zero-order chi connectivity index (χ0) is 42.6. The highest BCUT2D eigenvalue weighted by molar-refractivity contribution is 5.71. The second-order valence-electron chi connectivity index (χ2n) is 18.8. The van der Waals surface area contributed by atoms with Crippen LogP contribution in [0.5, 0.6) is 0 Å². The SMILES string of the molecule is CCCCCCCCCC(=O)OC[C@@H](COC(=O)CCCCCCCCCCCCCCCCCC(C)C)OC(=O)CCCCCCCCCCCCCCC(C)C. The Morgan fingerprint density at radius 3 is 0.845 bits per heavy atom. The Morgan fingerprint density at radius 2 is 0.569 bits per heavy atom. The first-order valence-electron chi connectivity index (χ1n) is 25.7. The molecule has 0 spiro atoms. The third-order valence-corrected chi connectivity index (χ3v) is 11.7. The molecule has 0 radical (unpaired) electrons. The van der Waals surface area contributed by atoms with E-state index in [1.165, 1.54) is 173 Å². The van der Waals surface area contributed by atoms with Crippen molar-refractivity contribution in [3.63, 3.8) is 0 Å². The van der Waals surface area contributed by atoms with Gasteiger partial charge >= 0.3 is 17.9 Å². The zero-order valence-electron chi connectivity index (χ0n) is 39.7. The van der Waals surface area contributed by atoms with Gasteiger partial charge in [0, 0.05) is 19.3 Å². The molecule has 0 aromatic heterocycles. The molecule has 1 atom stereocenters. The van der Waals surface area contributed by atoms with Crippen LogP contribution in [0.25, 0.3) is 0 Å². The molecule has 0 N–H and O–H groups in total. The van der Waals surface area contributed by atoms with Crippen LogP contribution in [0.15, 0.2) is 0 Å². The number of carbonyl (C=O) groups is 3. The number of hydrogen-bond acceptors (Lipinski definition) is 6. The van der Waals surface area contributed by atoms with Crippen LogP contribution in [-0.4, -0.2) is 37.2 Å². The molecule has 0 heterocycles. The summed E-state index contributed by atoms with van der Waals surface area (Å²) in [6, 6.07) is 0. The van der Waals surface area contributed by atoms with Gasteiger partial charge in [-0.1, -0.05) is 247 Å². The lowest BCUT2D eigenvalue weighted by atomic mass is 10.0. The van der Waals surface area contributed by atoms with Crippen molar-refractivity contribution in [3.8, 4) is 0 Å². The van der Waals surface area contributed by atoms with E-state index in [9.17, 15) is 14.4 Å². The Kier molecular flexibility index (Phi) is 43.7. The Bertz CT molecular complexity index is 885. The molecule has 0 bridgehead atoms. The summed E-state index contributed by atoms with van der Waals surface area (Å²) in [6.07, 6.45) is 45.3. The van der Waals surface area contributed by atoms with E-state index in [0.717, 1.165) is 69.6 Å². The lowest BCUT2D eigenvalue weighted by molar-refractivity contribution is -0.167. The maximum Gasteiger partial charge on any atom is 0.306 e. The molecule has 0 fully saturated rings. The third kappa shape index (κ3) is 45.5. The van der Waals surface area contributed by atoms with Crippen molar-refractivity contribution >= 4 is 17.9 Å². The van der Waals surface area contributed by atoms with Gasteiger partial charge in [-0.25, -0.2) is 0 Å². The average molecular weight is 821 g/mol. The van der Waals surface area contributed by atoms with Crippen molar-refractivity contribution in [2.75, 3.05) is 13.2 Å². The number of rotatable bonds is 46. The summed E-state index contributed by atoms with van der Waals surface area (Å²) in [5.41, 5.74) is 0. The van der Waals surface area contributed by atoms with Crippen molar-refractivity contribution in [1.29, 1.82) is 0 Å². The molecular formula is C52H100O6. The summed E-state index contributed by atoms with van der Waals surface area (Å²) >= 11 is 0. The molecule has 0 aromatic rings. The molecule has 6 heteroatoms. The fourth-order valence-corrected chi connectivity index (χ4v) is 7.81. The van der Waals surface area contributed by atoms with Crippen LogP contribution in [0.2, 0.25) is 0 Å². The van der Waals surface area contributed by atoms with E-state index < -0.39 is 6.10 Å². The van der Waals surface area contributed by atoms with E-state index in [4.69, 9.17) is 14.2 Å². The molecule has 0 aliphatic heterocycles. The van der Waals surface area contributed by atoms with Crippen molar-refractivity contribution in [1.82, 2.24) is 0 Å². The second kappa shape index (κ2) is 44.9. The first-order valence-corrected chi connectivity index (χ1v) is 25.7. The minimum Gasteiger partial charge on any atom is -0.462 e. The first-order chi connectivity index (χ1) is 28.2. The van der Waals surface area contributed by atoms with Gasteiger partial charge in [-0.05, 0) is 31.1 Å². The Balaban J connectivity index is 4.19. The monoisotopic (exact) mass is 821 g/mol. The van der Waals surface area contributed by atoms with Gasteiger partial charge in [-0.3, -0.25) is 14.4 Å². The van der Waals surface area contributed by atoms with Gasteiger partial charge in [-0.2, -0.15) is 0 Å². The molecule has 0 aliphatic carbocycles. The summed E-state index contributed by atoms with van der Waals surface area (Å²) in [5, 5.41) is 0. The molecule has 0 unspecified atom stereocenters. The molecule has 58 heavy (non-hydrogen) atoms. The second-order valence-corrected chi connectivity index (χ2v) is 18.8. The van der Waals surface area contributed by atoms with Crippen molar-refractivity contribution in [3.05, 3.63) is 0 Å². The highest BCUT2D eigenvalue weighted by atomic mass is 16.6. The van der Waals surface area contributed by atoms with E-state index in [2.05, 4.69) is 34.6 Å². The van der Waals surface area contributed by atoms with Gasteiger partial charge in [0.1, 0.15) is 13.2 Å². The first kappa shape index (κ1) is 56.4. The number of ether oxygens (including phenoxy) is 3. The average Bonchev–Trinajstić information content (AvgIpc) is 3.19. The molecule has 0 rings (SSSR count). The summed E-state index contributed by atoms with van der Waals surface area (Å²) in [5.74, 6) is 0.827. The molecule has 0 saturated carbocycles. The predicted octanol–water partition coefficient (Wildman–Crippen LogP) is 16.5. The summed E-state index contributed by atoms with van der Waals surface area (Å²) in [7, 11) is 0. The Morgan fingerprint density at radius 1 is 0.328 bits per heavy atom. The van der Waals surface area contributed by atoms with Crippen LogP contribution in [-0.2, 0) is 28.6 Å². The standard InChI is InChI=1S/C52H100O6/c1-6-7-8-9-25-32-37-42-50(53)56-45-49(58-52(55)44-39-34-29-24-20-16-15-18-22-27-31-36-41-48(4)5)46-57-51(54)43-38-33-28-23-19-14-12-10-11-13-17-21-26-30-35-40-47(2)3/h47-49H,6-46H2,1-5H3/t49-/m0/s1. The fraction of sp³-hybridized carbons (Fsp3) is 0.942. The summed E-state index contributed by atoms with van der Waals surface area (Å²) in [4.78, 5) is 37.8. The highest BCUT2D eigenvalue weighted by Crippen LogP contribution is 2.17. The number of hydrogen-bond donors (Lipinski definition) is 0. The van der Waals surface area contributed by atoms with E-state index in [0.29, 0.717) is 19.3 Å². The van der Waals surface area contributed by atoms with E-state index in [1.807, 2.05) is 0 Å². The quantitative estimate of drug-likeness (QED) is 0.0346. The number of carbonyl (C=O) groups excluding carboxylic acids is 3. The molecule has 6 nitrogen and oxygen atoms in total. The van der Waals surface area contributed by atoms with E-state index in [-0.39, 0.29) is 31.1 Å². The van der Waals surface area contributed by atoms with E-state index in [1.54, 1.807) is 0 Å². The van der Waals surface area contributed by atoms with Crippen LogP contribution < -0.4 is 0 Å². The van der Waals surface area contributed by atoms with Crippen molar-refractivity contribution in [2.24, 2.45) is 11.8 Å². The van der Waals surface area contributed by atoms with Gasteiger partial charge in [0.15, 0.2) is 6.10 Å². The number of unbranched alkanes of at least 4 members (excludes halogenated alkanes) is 31. The molecular weight excluding hydrogens is 721 g/mol. The van der Waals surface area contributed by atoms with Crippen LogP contribution in [0.4, 0.5) is 0 Å². The maximum absolute atomic E-state index is 12.7. The van der Waals surface area contributed by atoms with Crippen molar-refractivity contribution in [2.45, 2.75) is 291 Å². The van der Waals surface area contributed by atoms with Crippen molar-refractivity contribution < 1.29 is 28.6 Å². The van der Waals surface area contributed by atoms with Crippen LogP contribution >= 0.6 is 0 Å². The molecule has 0 aliphatic rings. The van der Waals surface area contributed by atoms with Crippen LogP contribution in [0, 0.1) is 11.8 Å². The summed E-state index contributed by atoms with van der Waals surface area (Å²) < 4.78 is 16.7. The Labute approximate surface area is 361 Å². The molecule has 0 aromatic carbocycles.